The van der Waals surface area contributed by atoms with Crippen LogP contribution in [0.1, 0.15) is 46.1 Å². The van der Waals surface area contributed by atoms with Crippen LogP contribution in [0.4, 0.5) is 5.69 Å². The maximum Gasteiger partial charge on any atom is 0.312 e. The number of halogens is 2. The van der Waals surface area contributed by atoms with Crippen LogP contribution in [-0.2, 0) is 6.42 Å². The summed E-state index contributed by atoms with van der Waals surface area (Å²) >= 11 is 12.1. The molecule has 35 heavy (non-hydrogen) atoms. The molecule has 9 heteroatoms. The quantitative estimate of drug-likeness (QED) is 0.227. The second-order valence-electron chi connectivity index (χ2n) is 10.1. The summed E-state index contributed by atoms with van der Waals surface area (Å²) in [5, 5.41) is 23.8. The highest BCUT2D eigenvalue weighted by atomic mass is 35.5. The van der Waals surface area contributed by atoms with Crippen LogP contribution >= 0.6 is 23.2 Å². The van der Waals surface area contributed by atoms with Crippen molar-refractivity contribution < 1.29 is 19.5 Å². The molecule has 1 N–H and O–H groups in total. The van der Waals surface area contributed by atoms with Gasteiger partial charge < -0.3 is 19.5 Å². The number of piperidine rings is 1. The molecule has 1 aliphatic rings. The Labute approximate surface area is 217 Å². The fourth-order valence-corrected chi connectivity index (χ4v) is 4.85. The molecule has 0 aromatic heterocycles. The van der Waals surface area contributed by atoms with Gasteiger partial charge in [-0.25, -0.2) is 0 Å². The van der Waals surface area contributed by atoms with Crippen molar-refractivity contribution in [2.75, 3.05) is 26.2 Å². The Morgan fingerprint density at radius 2 is 1.86 bits per heavy atom. The van der Waals surface area contributed by atoms with Crippen LogP contribution in [0.3, 0.4) is 0 Å². The molecular formula is C26H34Cl2N2O5. The van der Waals surface area contributed by atoms with Gasteiger partial charge in [0, 0.05) is 48.6 Å². The number of rotatable bonds is 10. The zero-order valence-corrected chi connectivity index (χ0v) is 22.2. The SMILES string of the molecule is CC(C)Oc1cc(OCCCN2CCC(O)(Cc3ccc(Cl)cc3)C(C)(C)C2)c([N+](=O)[O-])cc1Cl. The van der Waals surface area contributed by atoms with E-state index in [1.54, 1.807) is 0 Å². The highest BCUT2D eigenvalue weighted by Gasteiger charge is 2.47. The third-order valence-electron chi connectivity index (χ3n) is 6.58. The van der Waals surface area contributed by atoms with Gasteiger partial charge in [-0.2, -0.15) is 0 Å². The highest BCUT2D eigenvalue weighted by molar-refractivity contribution is 6.32. The summed E-state index contributed by atoms with van der Waals surface area (Å²) in [6, 6.07) is 10.4. The zero-order valence-electron chi connectivity index (χ0n) is 20.7. The third kappa shape index (κ3) is 7.00. The van der Waals surface area contributed by atoms with Gasteiger partial charge in [-0.15, -0.1) is 0 Å². The van der Waals surface area contributed by atoms with Gasteiger partial charge in [0.05, 0.1) is 28.3 Å². The molecule has 1 fully saturated rings. The van der Waals surface area contributed by atoms with E-state index in [1.807, 2.05) is 38.1 Å². The molecule has 192 valence electrons. The summed E-state index contributed by atoms with van der Waals surface area (Å²) < 4.78 is 11.4. The Hall–Kier alpha value is -2.06. The molecule has 0 spiro atoms. The largest absolute Gasteiger partial charge is 0.489 e. The normalized spacial score (nSPS) is 20.1. The van der Waals surface area contributed by atoms with E-state index in [0.29, 0.717) is 36.6 Å². The lowest BCUT2D eigenvalue weighted by Gasteiger charge is -2.50. The lowest BCUT2D eigenvalue weighted by Crippen LogP contribution is -2.58. The number of nitro groups is 1. The Kier molecular flexibility index (Phi) is 8.91. The molecule has 0 saturated carbocycles. The summed E-state index contributed by atoms with van der Waals surface area (Å²) in [5.74, 6) is 0.506. The summed E-state index contributed by atoms with van der Waals surface area (Å²) in [6.07, 6.45) is 1.80. The predicted molar refractivity (Wildman–Crippen MR) is 139 cm³/mol. The molecule has 3 rings (SSSR count). The summed E-state index contributed by atoms with van der Waals surface area (Å²) in [4.78, 5) is 13.3. The van der Waals surface area contributed by atoms with Crippen molar-refractivity contribution in [3.05, 3.63) is 62.1 Å². The minimum atomic E-state index is -0.815. The van der Waals surface area contributed by atoms with Crippen LogP contribution in [0.2, 0.25) is 10.0 Å². The third-order valence-corrected chi connectivity index (χ3v) is 7.13. The van der Waals surface area contributed by atoms with Gasteiger partial charge in [0.15, 0.2) is 0 Å². The van der Waals surface area contributed by atoms with Crippen molar-refractivity contribution in [1.29, 1.82) is 0 Å². The van der Waals surface area contributed by atoms with Gasteiger partial charge >= 0.3 is 5.69 Å². The maximum atomic E-state index is 11.5. The molecule has 0 radical (unpaired) electrons. The predicted octanol–water partition coefficient (Wildman–Crippen LogP) is 6.16. The summed E-state index contributed by atoms with van der Waals surface area (Å²) in [7, 11) is 0. The molecule has 2 aromatic carbocycles. The van der Waals surface area contributed by atoms with Crippen LogP contribution in [0.15, 0.2) is 36.4 Å². The van der Waals surface area contributed by atoms with E-state index in [-0.39, 0.29) is 28.0 Å². The number of aliphatic hydroxyl groups is 1. The molecule has 1 atom stereocenters. The van der Waals surface area contributed by atoms with Crippen LogP contribution in [-0.4, -0.2) is 52.9 Å². The molecule has 7 nitrogen and oxygen atoms in total. The van der Waals surface area contributed by atoms with Crippen LogP contribution < -0.4 is 9.47 Å². The van der Waals surface area contributed by atoms with E-state index >= 15 is 0 Å². The van der Waals surface area contributed by atoms with Gasteiger partial charge in [0.2, 0.25) is 5.75 Å². The number of benzene rings is 2. The van der Waals surface area contributed by atoms with Crippen LogP contribution in [0, 0.1) is 15.5 Å². The van der Waals surface area contributed by atoms with Gasteiger partial charge in [0.25, 0.3) is 0 Å². The first kappa shape index (κ1) is 27.5. The van der Waals surface area contributed by atoms with Crippen LogP contribution in [0.25, 0.3) is 0 Å². The second-order valence-corrected chi connectivity index (χ2v) is 11.0. The topological polar surface area (TPSA) is 85.1 Å². The fraction of sp³-hybridized carbons (Fsp3) is 0.538. The zero-order chi connectivity index (χ0) is 25.8. The van der Waals surface area contributed by atoms with Gasteiger partial charge in [-0.1, -0.05) is 49.2 Å². The Morgan fingerprint density at radius 1 is 1.17 bits per heavy atom. The molecule has 1 saturated heterocycles. The average Bonchev–Trinajstić information content (AvgIpc) is 2.76. The van der Waals surface area contributed by atoms with Crippen molar-refractivity contribution in [2.24, 2.45) is 5.41 Å². The minimum Gasteiger partial charge on any atom is -0.489 e. The lowest BCUT2D eigenvalue weighted by molar-refractivity contribution is -0.385. The molecule has 0 aliphatic carbocycles. The number of nitrogens with zero attached hydrogens (tertiary/aromatic N) is 2. The van der Waals surface area contributed by atoms with E-state index in [0.717, 1.165) is 25.2 Å². The smallest absolute Gasteiger partial charge is 0.312 e. The van der Waals surface area contributed by atoms with Gasteiger partial charge in [-0.05, 0) is 44.4 Å². The van der Waals surface area contributed by atoms with E-state index < -0.39 is 10.5 Å². The number of hydrogen-bond acceptors (Lipinski definition) is 6. The molecule has 0 amide bonds. The second kappa shape index (κ2) is 11.3. The van der Waals surface area contributed by atoms with E-state index in [1.165, 1.54) is 12.1 Å². The molecule has 0 bridgehead atoms. The number of hydrogen-bond donors (Lipinski definition) is 1. The van der Waals surface area contributed by atoms with Gasteiger partial charge in [-0.3, -0.25) is 10.1 Å². The number of likely N-dealkylation sites (tertiary alicyclic amines) is 1. The highest BCUT2D eigenvalue weighted by Crippen LogP contribution is 2.41. The molecule has 1 aliphatic heterocycles. The molecule has 1 unspecified atom stereocenters. The number of ether oxygens (including phenoxy) is 2. The van der Waals surface area contributed by atoms with E-state index in [2.05, 4.69) is 18.7 Å². The molecule has 2 aromatic rings. The molecule has 1 heterocycles. The molecular weight excluding hydrogens is 491 g/mol. The first-order valence-electron chi connectivity index (χ1n) is 11.9. The van der Waals surface area contributed by atoms with Crippen molar-refractivity contribution >= 4 is 28.9 Å². The van der Waals surface area contributed by atoms with Crippen LogP contribution in [0.5, 0.6) is 11.5 Å². The monoisotopic (exact) mass is 524 g/mol. The first-order chi connectivity index (χ1) is 16.4. The standard InChI is InChI=1S/C26H34Cl2N2O5/c1-18(2)35-23-15-24(22(30(32)33)14-21(23)28)34-13-5-11-29-12-10-26(31,25(3,4)17-29)16-19-6-8-20(27)9-7-19/h6-9,14-15,18,31H,5,10-13,16-17H2,1-4H3. The van der Waals surface area contributed by atoms with Gasteiger partial charge in [0.1, 0.15) is 5.75 Å². The fourth-order valence-electron chi connectivity index (χ4n) is 4.52. The minimum absolute atomic E-state index is 0.123. The lowest BCUT2D eigenvalue weighted by atomic mass is 9.67. The summed E-state index contributed by atoms with van der Waals surface area (Å²) in [5.41, 5.74) is -0.247. The average molecular weight is 525 g/mol. The maximum absolute atomic E-state index is 11.5. The van der Waals surface area contributed by atoms with Crippen molar-refractivity contribution in [1.82, 2.24) is 4.90 Å². The van der Waals surface area contributed by atoms with Crippen molar-refractivity contribution in [3.8, 4) is 11.5 Å². The summed E-state index contributed by atoms with van der Waals surface area (Å²) in [6.45, 7) is 10.5. The van der Waals surface area contributed by atoms with E-state index in [9.17, 15) is 15.2 Å². The Bertz CT molecular complexity index is 1030. The van der Waals surface area contributed by atoms with E-state index in [4.69, 9.17) is 32.7 Å². The Balaban J connectivity index is 1.56. The first-order valence-corrected chi connectivity index (χ1v) is 12.6. The Morgan fingerprint density at radius 3 is 2.46 bits per heavy atom. The van der Waals surface area contributed by atoms with Crippen molar-refractivity contribution in [2.45, 2.75) is 58.7 Å². The van der Waals surface area contributed by atoms with Crippen molar-refractivity contribution in [3.63, 3.8) is 0 Å². The number of nitro benzene ring substituents is 1.